The Labute approximate surface area is 172 Å². The predicted molar refractivity (Wildman–Crippen MR) is 115 cm³/mol. The normalized spacial score (nSPS) is 15.9. The Morgan fingerprint density at radius 1 is 1.15 bits per heavy atom. The minimum atomic E-state index is -0.149. The number of rotatable bonds is 4. The van der Waals surface area contributed by atoms with Crippen LogP contribution < -0.4 is 4.90 Å². The number of thioether (sulfide) groups is 1. The van der Waals surface area contributed by atoms with Gasteiger partial charge >= 0.3 is 0 Å². The van der Waals surface area contributed by atoms with Crippen LogP contribution in [0.5, 0.6) is 0 Å². The van der Waals surface area contributed by atoms with Gasteiger partial charge in [0.25, 0.3) is 0 Å². The number of carbonyl (C=O) groups excluding carboxylic acids is 1. The molecule has 2 heterocycles. The lowest BCUT2D eigenvalue weighted by Crippen LogP contribution is -2.50. The molecule has 1 atom stereocenters. The Balaban J connectivity index is 1.36. The Kier molecular flexibility index (Phi) is 5.57. The first-order valence-electron chi connectivity index (χ1n) is 8.92. The second-order valence-corrected chi connectivity index (χ2v) is 9.55. The van der Waals surface area contributed by atoms with Crippen molar-refractivity contribution in [3.05, 3.63) is 53.6 Å². The standard InChI is InChI=1S/C20H20ClN3OS2/c1-14(26-20-22-17-13-15(21)7-8-18(17)27-20)19(25)24-11-9-23(10-12-24)16-5-3-2-4-6-16/h2-8,13-14H,9-12H2,1H3. The molecule has 0 saturated carbocycles. The van der Waals surface area contributed by atoms with Crippen LogP contribution in [0.3, 0.4) is 0 Å². The first kappa shape index (κ1) is 18.6. The van der Waals surface area contributed by atoms with Crippen LogP contribution in [0.2, 0.25) is 5.02 Å². The Morgan fingerprint density at radius 2 is 1.89 bits per heavy atom. The Bertz CT molecular complexity index is 939. The monoisotopic (exact) mass is 417 g/mol. The zero-order valence-electron chi connectivity index (χ0n) is 15.0. The maximum absolute atomic E-state index is 12.9. The van der Waals surface area contributed by atoms with Gasteiger partial charge in [0.15, 0.2) is 4.34 Å². The number of hydrogen-bond donors (Lipinski definition) is 0. The fourth-order valence-electron chi connectivity index (χ4n) is 3.21. The van der Waals surface area contributed by atoms with Crippen molar-refractivity contribution in [1.29, 1.82) is 0 Å². The molecular weight excluding hydrogens is 398 g/mol. The Hall–Kier alpha value is -1.76. The molecular formula is C20H20ClN3OS2. The van der Waals surface area contributed by atoms with E-state index in [9.17, 15) is 4.79 Å². The van der Waals surface area contributed by atoms with Crippen LogP contribution in [0.15, 0.2) is 52.9 Å². The number of thiazole rings is 1. The average Bonchev–Trinajstić information content (AvgIpc) is 3.09. The van der Waals surface area contributed by atoms with Crippen molar-refractivity contribution < 1.29 is 4.79 Å². The van der Waals surface area contributed by atoms with Crippen LogP contribution in [-0.2, 0) is 4.79 Å². The molecule has 1 aliphatic heterocycles. The van der Waals surface area contributed by atoms with Gasteiger partial charge in [-0.2, -0.15) is 0 Å². The van der Waals surface area contributed by atoms with E-state index in [0.29, 0.717) is 5.02 Å². The molecule has 0 spiro atoms. The molecule has 1 amide bonds. The lowest BCUT2D eigenvalue weighted by atomic mass is 10.2. The van der Waals surface area contributed by atoms with E-state index >= 15 is 0 Å². The van der Waals surface area contributed by atoms with Crippen molar-refractivity contribution in [1.82, 2.24) is 9.88 Å². The number of carbonyl (C=O) groups is 1. The summed E-state index contributed by atoms with van der Waals surface area (Å²) in [5.41, 5.74) is 2.12. The minimum absolute atomic E-state index is 0.149. The van der Waals surface area contributed by atoms with Gasteiger partial charge in [0.05, 0.1) is 15.5 Å². The van der Waals surface area contributed by atoms with E-state index in [1.54, 1.807) is 11.3 Å². The molecule has 3 aromatic rings. The summed E-state index contributed by atoms with van der Waals surface area (Å²) in [5.74, 6) is 0.185. The summed E-state index contributed by atoms with van der Waals surface area (Å²) in [6.07, 6.45) is 0. The van der Waals surface area contributed by atoms with Gasteiger partial charge in [-0.3, -0.25) is 4.79 Å². The van der Waals surface area contributed by atoms with Crippen LogP contribution >= 0.6 is 34.7 Å². The molecule has 27 heavy (non-hydrogen) atoms. The van der Waals surface area contributed by atoms with E-state index in [4.69, 9.17) is 11.6 Å². The SMILES string of the molecule is CC(Sc1nc2cc(Cl)ccc2s1)C(=O)N1CCN(c2ccccc2)CC1. The number of para-hydroxylation sites is 1. The number of piperazine rings is 1. The molecule has 1 saturated heterocycles. The largest absolute Gasteiger partial charge is 0.368 e. The number of hydrogen-bond acceptors (Lipinski definition) is 5. The smallest absolute Gasteiger partial charge is 0.235 e. The maximum atomic E-state index is 12.9. The highest BCUT2D eigenvalue weighted by Gasteiger charge is 2.26. The first-order chi connectivity index (χ1) is 13.1. The van der Waals surface area contributed by atoms with Crippen LogP contribution in [0.4, 0.5) is 5.69 Å². The average molecular weight is 418 g/mol. The highest BCUT2D eigenvalue weighted by molar-refractivity contribution is 8.02. The number of benzene rings is 2. The zero-order chi connectivity index (χ0) is 18.8. The Morgan fingerprint density at radius 3 is 2.63 bits per heavy atom. The minimum Gasteiger partial charge on any atom is -0.368 e. The molecule has 2 aromatic carbocycles. The highest BCUT2D eigenvalue weighted by Crippen LogP contribution is 2.33. The van der Waals surface area contributed by atoms with E-state index in [1.807, 2.05) is 36.1 Å². The van der Waals surface area contributed by atoms with Gasteiger partial charge in [0.2, 0.25) is 5.91 Å². The predicted octanol–water partition coefficient (Wildman–Crippen LogP) is 4.78. The summed E-state index contributed by atoms with van der Waals surface area (Å²) in [4.78, 5) is 21.8. The van der Waals surface area contributed by atoms with E-state index in [1.165, 1.54) is 17.4 Å². The lowest BCUT2D eigenvalue weighted by molar-refractivity contribution is -0.130. The van der Waals surface area contributed by atoms with E-state index < -0.39 is 0 Å². The van der Waals surface area contributed by atoms with Gasteiger partial charge in [0.1, 0.15) is 0 Å². The first-order valence-corrected chi connectivity index (χ1v) is 11.0. The molecule has 4 rings (SSSR count). The number of amides is 1. The molecule has 0 radical (unpaired) electrons. The lowest BCUT2D eigenvalue weighted by Gasteiger charge is -2.37. The molecule has 1 aliphatic rings. The van der Waals surface area contributed by atoms with E-state index in [2.05, 4.69) is 34.1 Å². The maximum Gasteiger partial charge on any atom is 0.235 e. The molecule has 0 bridgehead atoms. The third-order valence-electron chi connectivity index (χ3n) is 4.67. The summed E-state index contributed by atoms with van der Waals surface area (Å²) in [7, 11) is 0. The van der Waals surface area contributed by atoms with Gasteiger partial charge < -0.3 is 9.80 Å². The zero-order valence-corrected chi connectivity index (χ0v) is 17.4. The van der Waals surface area contributed by atoms with Crippen molar-refractivity contribution >= 4 is 56.5 Å². The summed E-state index contributed by atoms with van der Waals surface area (Å²) < 4.78 is 2.01. The van der Waals surface area contributed by atoms with Crippen molar-refractivity contribution in [3.63, 3.8) is 0 Å². The molecule has 0 N–H and O–H groups in total. The van der Waals surface area contributed by atoms with Crippen LogP contribution in [0.1, 0.15) is 6.92 Å². The van der Waals surface area contributed by atoms with Crippen LogP contribution in [-0.4, -0.2) is 47.2 Å². The van der Waals surface area contributed by atoms with Crippen molar-refractivity contribution in [2.45, 2.75) is 16.5 Å². The van der Waals surface area contributed by atoms with Crippen molar-refractivity contribution in [2.24, 2.45) is 0 Å². The topological polar surface area (TPSA) is 36.4 Å². The van der Waals surface area contributed by atoms with Crippen molar-refractivity contribution in [2.75, 3.05) is 31.1 Å². The number of halogens is 1. The third-order valence-corrected chi connectivity index (χ3v) is 7.12. The summed E-state index contributed by atoms with van der Waals surface area (Å²) in [6.45, 7) is 5.22. The fourth-order valence-corrected chi connectivity index (χ4v) is 5.65. The quantitative estimate of drug-likeness (QED) is 0.572. The van der Waals surface area contributed by atoms with Crippen molar-refractivity contribution in [3.8, 4) is 0 Å². The second-order valence-electron chi connectivity index (χ2n) is 6.50. The van der Waals surface area contributed by atoms with Gasteiger partial charge in [-0.05, 0) is 37.3 Å². The van der Waals surface area contributed by atoms with Gasteiger partial charge in [0, 0.05) is 36.9 Å². The van der Waals surface area contributed by atoms with Crippen LogP contribution in [0.25, 0.3) is 10.2 Å². The number of aromatic nitrogens is 1. The third kappa shape index (κ3) is 4.23. The number of nitrogens with zero attached hydrogens (tertiary/aromatic N) is 3. The number of anilines is 1. The highest BCUT2D eigenvalue weighted by atomic mass is 35.5. The van der Waals surface area contributed by atoms with Gasteiger partial charge in [-0.25, -0.2) is 4.98 Å². The summed E-state index contributed by atoms with van der Waals surface area (Å²) >= 11 is 9.18. The summed E-state index contributed by atoms with van der Waals surface area (Å²) in [5, 5.41) is 0.536. The van der Waals surface area contributed by atoms with E-state index in [0.717, 1.165) is 40.7 Å². The van der Waals surface area contributed by atoms with Gasteiger partial charge in [-0.1, -0.05) is 41.6 Å². The molecule has 0 aliphatic carbocycles. The van der Waals surface area contributed by atoms with Crippen LogP contribution in [0, 0.1) is 0 Å². The number of fused-ring (bicyclic) bond motifs is 1. The van der Waals surface area contributed by atoms with Gasteiger partial charge in [-0.15, -0.1) is 11.3 Å². The molecule has 7 heteroatoms. The summed E-state index contributed by atoms with van der Waals surface area (Å²) in [6, 6.07) is 16.1. The molecule has 1 fully saturated rings. The molecule has 1 unspecified atom stereocenters. The molecule has 140 valence electrons. The molecule has 4 nitrogen and oxygen atoms in total. The molecule has 1 aromatic heterocycles. The fraction of sp³-hybridized carbons (Fsp3) is 0.300. The second kappa shape index (κ2) is 8.09. The van der Waals surface area contributed by atoms with E-state index in [-0.39, 0.29) is 11.2 Å².